The number of rotatable bonds is 4. The average Bonchev–Trinajstić information content (AvgIpc) is 3.26. The molecule has 0 saturated carbocycles. The van der Waals surface area contributed by atoms with Crippen molar-refractivity contribution in [3.8, 4) is 28.3 Å². The molecule has 4 aromatic rings. The minimum atomic E-state index is -0.728. The molecule has 0 spiro atoms. The summed E-state index contributed by atoms with van der Waals surface area (Å²) in [6.45, 7) is 5.55. The minimum Gasteiger partial charge on any atom is -0.440 e. The fourth-order valence-corrected chi connectivity index (χ4v) is 4.61. The number of benzene rings is 2. The molecule has 1 N–H and O–H groups in total. The van der Waals surface area contributed by atoms with Gasteiger partial charge in [0.25, 0.3) is 5.56 Å². The summed E-state index contributed by atoms with van der Waals surface area (Å²) in [4.78, 5) is 17.6. The van der Waals surface area contributed by atoms with Gasteiger partial charge in [-0.3, -0.25) is 9.36 Å². The van der Waals surface area contributed by atoms with Crippen LogP contribution < -0.4 is 10.9 Å². The van der Waals surface area contributed by atoms with E-state index in [1.165, 1.54) is 18.2 Å². The zero-order valence-corrected chi connectivity index (χ0v) is 19.1. The number of piperidine rings is 1. The van der Waals surface area contributed by atoms with Gasteiger partial charge in [0, 0.05) is 36.4 Å². The highest BCUT2D eigenvalue weighted by molar-refractivity contribution is 5.77. The molecular weight excluding hydrogens is 436 g/mol. The van der Waals surface area contributed by atoms with Crippen LogP contribution in [0.15, 0.2) is 63.9 Å². The van der Waals surface area contributed by atoms with Gasteiger partial charge in [0.1, 0.15) is 17.3 Å². The Balaban J connectivity index is 1.70. The van der Waals surface area contributed by atoms with E-state index in [0.29, 0.717) is 23.7 Å². The Morgan fingerprint density at radius 2 is 1.88 bits per heavy atom. The van der Waals surface area contributed by atoms with Crippen LogP contribution in [0.5, 0.6) is 0 Å². The molecule has 5 nitrogen and oxygen atoms in total. The third-order valence-corrected chi connectivity index (χ3v) is 6.33. The molecule has 2 aromatic heterocycles. The molecule has 0 unspecified atom stereocenters. The number of nitrogens with zero attached hydrogens (tertiary/aromatic N) is 2. The van der Waals surface area contributed by atoms with Gasteiger partial charge >= 0.3 is 0 Å². The third kappa shape index (κ3) is 4.07. The van der Waals surface area contributed by atoms with Crippen LogP contribution in [0.1, 0.15) is 35.8 Å². The predicted molar refractivity (Wildman–Crippen MR) is 127 cm³/mol. The lowest BCUT2D eigenvalue weighted by molar-refractivity contribution is 0.380. The van der Waals surface area contributed by atoms with Crippen LogP contribution in [0.3, 0.4) is 0 Å². The molecule has 7 heteroatoms. The van der Waals surface area contributed by atoms with E-state index < -0.39 is 11.6 Å². The molecule has 1 fully saturated rings. The van der Waals surface area contributed by atoms with E-state index in [2.05, 4.69) is 5.32 Å². The lowest BCUT2D eigenvalue weighted by Crippen LogP contribution is -2.28. The van der Waals surface area contributed by atoms with Crippen LogP contribution in [-0.4, -0.2) is 22.6 Å². The largest absolute Gasteiger partial charge is 0.440 e. The zero-order valence-electron chi connectivity index (χ0n) is 19.1. The summed E-state index contributed by atoms with van der Waals surface area (Å²) >= 11 is 0. The van der Waals surface area contributed by atoms with Gasteiger partial charge in [0.2, 0.25) is 0 Å². The van der Waals surface area contributed by atoms with Crippen molar-refractivity contribution < 1.29 is 13.2 Å². The molecule has 1 atom stereocenters. The van der Waals surface area contributed by atoms with E-state index in [9.17, 15) is 13.6 Å². The summed E-state index contributed by atoms with van der Waals surface area (Å²) < 4.78 is 36.1. The van der Waals surface area contributed by atoms with Gasteiger partial charge in [-0.15, -0.1) is 0 Å². The van der Waals surface area contributed by atoms with Crippen LogP contribution >= 0.6 is 0 Å². The van der Waals surface area contributed by atoms with Gasteiger partial charge in [0.15, 0.2) is 11.7 Å². The first-order valence-electron chi connectivity index (χ1n) is 11.4. The summed E-state index contributed by atoms with van der Waals surface area (Å²) in [5.74, 6) is -0.610. The van der Waals surface area contributed by atoms with Crippen LogP contribution in [0.4, 0.5) is 8.78 Å². The minimum absolute atomic E-state index is 0.0503. The fourth-order valence-electron chi connectivity index (χ4n) is 4.61. The van der Waals surface area contributed by atoms with Crippen molar-refractivity contribution in [1.29, 1.82) is 0 Å². The van der Waals surface area contributed by atoms with E-state index in [1.54, 1.807) is 16.8 Å². The summed E-state index contributed by atoms with van der Waals surface area (Å²) in [5, 5.41) is 3.34. The van der Waals surface area contributed by atoms with Crippen molar-refractivity contribution in [1.82, 2.24) is 14.9 Å². The van der Waals surface area contributed by atoms with E-state index in [1.807, 2.05) is 32.0 Å². The number of hydrogen-bond acceptors (Lipinski definition) is 4. The van der Waals surface area contributed by atoms with Crippen molar-refractivity contribution in [3.63, 3.8) is 0 Å². The standard InChI is InChI=1S/C27H25F2N3O2/c1-16-5-3-6-17(2)25(16)32-15-19(8-11-23(32)33)24-26(21-10-9-20(28)13-22(21)29)34-27(31-24)18-7-4-12-30-14-18/h3,5-6,8-11,13,15,18,30H,4,7,12,14H2,1-2H3/t18-/m1/s1. The maximum Gasteiger partial charge on any atom is 0.255 e. The summed E-state index contributed by atoms with van der Waals surface area (Å²) in [5.41, 5.74) is 3.69. The quantitative estimate of drug-likeness (QED) is 0.435. The zero-order chi connectivity index (χ0) is 23.8. The molecule has 1 aliphatic rings. The normalized spacial score (nSPS) is 16.1. The SMILES string of the molecule is Cc1cccc(C)c1-n1cc(-c2nc([C@@H]3CCCNC3)oc2-c2ccc(F)cc2F)ccc1=O. The molecule has 1 aliphatic heterocycles. The highest BCUT2D eigenvalue weighted by atomic mass is 19.1. The first-order valence-corrected chi connectivity index (χ1v) is 11.4. The average molecular weight is 462 g/mol. The first-order chi connectivity index (χ1) is 16.4. The van der Waals surface area contributed by atoms with Gasteiger partial charge in [-0.05, 0) is 62.6 Å². The molecule has 0 aliphatic carbocycles. The Labute approximate surface area is 196 Å². The molecule has 0 radical (unpaired) electrons. The third-order valence-electron chi connectivity index (χ3n) is 6.33. The summed E-state index contributed by atoms with van der Waals surface area (Å²) in [7, 11) is 0. The van der Waals surface area contributed by atoms with Crippen molar-refractivity contribution in [2.75, 3.05) is 13.1 Å². The fraction of sp³-hybridized carbons (Fsp3) is 0.259. The second-order valence-electron chi connectivity index (χ2n) is 8.76. The van der Waals surface area contributed by atoms with E-state index in [4.69, 9.17) is 9.40 Å². The topological polar surface area (TPSA) is 60.1 Å². The Morgan fingerprint density at radius 1 is 1.09 bits per heavy atom. The van der Waals surface area contributed by atoms with Crippen molar-refractivity contribution in [2.24, 2.45) is 0 Å². The highest BCUT2D eigenvalue weighted by Gasteiger charge is 2.26. The molecule has 0 amide bonds. The number of nitrogens with one attached hydrogen (secondary N) is 1. The number of aromatic nitrogens is 2. The first kappa shape index (κ1) is 22.2. The highest BCUT2D eigenvalue weighted by Crippen LogP contribution is 2.37. The van der Waals surface area contributed by atoms with Gasteiger partial charge in [-0.2, -0.15) is 0 Å². The maximum absolute atomic E-state index is 14.8. The van der Waals surface area contributed by atoms with E-state index in [0.717, 1.165) is 42.3 Å². The number of pyridine rings is 1. The van der Waals surface area contributed by atoms with Crippen molar-refractivity contribution in [3.05, 3.63) is 93.7 Å². The van der Waals surface area contributed by atoms with E-state index in [-0.39, 0.29) is 22.8 Å². The Hall–Kier alpha value is -3.58. The van der Waals surface area contributed by atoms with Crippen LogP contribution in [0.25, 0.3) is 28.3 Å². The second kappa shape index (κ2) is 8.99. The maximum atomic E-state index is 14.8. The smallest absolute Gasteiger partial charge is 0.255 e. The van der Waals surface area contributed by atoms with Crippen molar-refractivity contribution >= 4 is 0 Å². The van der Waals surface area contributed by atoms with Gasteiger partial charge in [-0.25, -0.2) is 13.8 Å². The molecule has 5 rings (SSSR count). The number of oxazole rings is 1. The molecule has 34 heavy (non-hydrogen) atoms. The van der Waals surface area contributed by atoms with E-state index >= 15 is 0 Å². The van der Waals surface area contributed by atoms with Crippen LogP contribution in [0.2, 0.25) is 0 Å². The Kier molecular flexibility index (Phi) is 5.87. The van der Waals surface area contributed by atoms with Crippen LogP contribution in [-0.2, 0) is 0 Å². The molecule has 3 heterocycles. The van der Waals surface area contributed by atoms with Crippen LogP contribution in [0, 0.1) is 25.5 Å². The van der Waals surface area contributed by atoms with Gasteiger partial charge < -0.3 is 9.73 Å². The predicted octanol–water partition coefficient (Wildman–Crippen LogP) is 5.52. The molecule has 0 bridgehead atoms. The van der Waals surface area contributed by atoms with Gasteiger partial charge in [-0.1, -0.05) is 18.2 Å². The molecule has 174 valence electrons. The van der Waals surface area contributed by atoms with Gasteiger partial charge in [0.05, 0.1) is 11.3 Å². The lowest BCUT2D eigenvalue weighted by Gasteiger charge is -2.19. The molecular formula is C27H25F2N3O2. The number of para-hydroxylation sites is 1. The summed E-state index contributed by atoms with van der Waals surface area (Å²) in [6.07, 6.45) is 3.60. The summed E-state index contributed by atoms with van der Waals surface area (Å²) in [6, 6.07) is 12.4. The number of aryl methyl sites for hydroxylation is 2. The number of halogens is 2. The molecule has 2 aromatic carbocycles. The lowest BCUT2D eigenvalue weighted by atomic mass is 10.00. The Morgan fingerprint density at radius 3 is 2.59 bits per heavy atom. The molecule has 1 saturated heterocycles. The number of hydrogen-bond donors (Lipinski definition) is 1. The Bertz CT molecular complexity index is 1400. The second-order valence-corrected chi connectivity index (χ2v) is 8.76. The monoisotopic (exact) mass is 461 g/mol. The van der Waals surface area contributed by atoms with Crippen molar-refractivity contribution in [2.45, 2.75) is 32.6 Å².